The van der Waals surface area contributed by atoms with Gasteiger partial charge in [-0.25, -0.2) is 5.48 Å². The van der Waals surface area contributed by atoms with Crippen LogP contribution < -0.4 is 5.48 Å². The Balaban J connectivity index is 2.21. The van der Waals surface area contributed by atoms with E-state index in [-0.39, 0.29) is 6.10 Å². The zero-order chi connectivity index (χ0) is 8.39. The number of hydrogen-bond donors (Lipinski definition) is 1. The molecule has 2 rings (SSSR count). The first-order valence-corrected chi connectivity index (χ1v) is 4.79. The quantitative estimate of drug-likeness (QED) is 0.796. The first kappa shape index (κ1) is 8.23. The van der Waals surface area contributed by atoms with E-state index in [9.17, 15) is 0 Å². The number of benzene rings is 1. The number of halogens is 1. The summed E-state index contributed by atoms with van der Waals surface area (Å²) in [5, 5.41) is 0. The lowest BCUT2D eigenvalue weighted by Gasteiger charge is -2.07. The fourth-order valence-corrected chi connectivity index (χ4v) is 1.77. The molecular formula is C9H10BrNO. The van der Waals surface area contributed by atoms with Crippen LogP contribution in [0.1, 0.15) is 18.1 Å². The number of nitrogens with one attached hydrogen (secondary N) is 1. The average Bonchev–Trinajstić information content (AvgIpc) is 2.56. The van der Waals surface area contributed by atoms with Gasteiger partial charge in [-0.3, -0.25) is 4.84 Å². The molecule has 1 aliphatic rings. The lowest BCUT2D eigenvalue weighted by molar-refractivity contribution is 0.0336. The van der Waals surface area contributed by atoms with Crippen LogP contribution in [0.2, 0.25) is 0 Å². The fraction of sp³-hybridized carbons (Fsp3) is 0.333. The van der Waals surface area contributed by atoms with Crippen molar-refractivity contribution in [2.24, 2.45) is 0 Å². The summed E-state index contributed by atoms with van der Waals surface area (Å²) in [7, 11) is 0. The monoisotopic (exact) mass is 227 g/mol. The summed E-state index contributed by atoms with van der Waals surface area (Å²) in [5.41, 5.74) is 4.11. The highest BCUT2D eigenvalue weighted by Crippen LogP contribution is 2.25. The molecule has 3 heteroatoms. The van der Waals surface area contributed by atoms with Gasteiger partial charge in [0.2, 0.25) is 0 Å². The van der Waals surface area contributed by atoms with E-state index in [0.29, 0.717) is 0 Å². The molecule has 0 bridgehead atoms. The molecule has 12 heavy (non-hydrogen) atoms. The van der Waals surface area contributed by atoms with E-state index < -0.39 is 0 Å². The second-order valence-electron chi connectivity index (χ2n) is 2.84. The lowest BCUT2D eigenvalue weighted by Crippen LogP contribution is -2.04. The minimum absolute atomic E-state index is 0.225. The molecule has 2 nitrogen and oxygen atoms in total. The van der Waals surface area contributed by atoms with E-state index in [0.717, 1.165) is 17.4 Å². The van der Waals surface area contributed by atoms with Crippen molar-refractivity contribution in [3.63, 3.8) is 0 Å². The van der Waals surface area contributed by atoms with Crippen LogP contribution in [0.5, 0.6) is 0 Å². The summed E-state index contributed by atoms with van der Waals surface area (Å²) >= 11 is 3.43. The fourth-order valence-electron chi connectivity index (χ4n) is 1.35. The normalized spacial score (nSPS) is 22.9. The van der Waals surface area contributed by atoms with E-state index in [4.69, 9.17) is 4.84 Å². The maximum atomic E-state index is 5.32. The van der Waals surface area contributed by atoms with Crippen molar-refractivity contribution in [2.75, 3.05) is 6.54 Å². The first-order valence-electron chi connectivity index (χ1n) is 4.00. The third kappa shape index (κ3) is 1.68. The van der Waals surface area contributed by atoms with Crippen LogP contribution in [0.3, 0.4) is 0 Å². The van der Waals surface area contributed by atoms with Gasteiger partial charge in [0.1, 0.15) is 6.10 Å². The van der Waals surface area contributed by atoms with E-state index in [1.54, 1.807) is 0 Å². The molecule has 1 aliphatic heterocycles. The van der Waals surface area contributed by atoms with Crippen molar-refractivity contribution in [1.82, 2.24) is 5.48 Å². The van der Waals surface area contributed by atoms with Crippen molar-refractivity contribution >= 4 is 15.9 Å². The molecule has 1 saturated heterocycles. The van der Waals surface area contributed by atoms with Crippen LogP contribution in [-0.4, -0.2) is 6.54 Å². The van der Waals surface area contributed by atoms with Gasteiger partial charge in [0.25, 0.3) is 0 Å². The van der Waals surface area contributed by atoms with Gasteiger partial charge < -0.3 is 0 Å². The predicted octanol–water partition coefficient (Wildman–Crippen LogP) is 2.42. The number of hydroxylamine groups is 1. The Labute approximate surface area is 80.0 Å². The molecule has 1 aromatic carbocycles. The molecule has 0 spiro atoms. The topological polar surface area (TPSA) is 21.3 Å². The van der Waals surface area contributed by atoms with Crippen LogP contribution in [0.4, 0.5) is 0 Å². The van der Waals surface area contributed by atoms with Crippen LogP contribution in [0, 0.1) is 0 Å². The van der Waals surface area contributed by atoms with Crippen molar-refractivity contribution in [3.8, 4) is 0 Å². The molecule has 0 radical (unpaired) electrons. The van der Waals surface area contributed by atoms with E-state index in [2.05, 4.69) is 33.5 Å². The van der Waals surface area contributed by atoms with Crippen molar-refractivity contribution in [3.05, 3.63) is 34.3 Å². The van der Waals surface area contributed by atoms with Crippen LogP contribution in [0.25, 0.3) is 0 Å². The van der Waals surface area contributed by atoms with Crippen molar-refractivity contribution in [1.29, 1.82) is 0 Å². The SMILES string of the molecule is Brc1cccc(C2CCNO2)c1. The molecule has 1 heterocycles. The summed E-state index contributed by atoms with van der Waals surface area (Å²) in [5.74, 6) is 0. The molecule has 0 aromatic heterocycles. The summed E-state index contributed by atoms with van der Waals surface area (Å²) < 4.78 is 1.11. The minimum atomic E-state index is 0.225. The molecule has 0 saturated carbocycles. The van der Waals surface area contributed by atoms with Gasteiger partial charge in [-0.15, -0.1) is 0 Å². The largest absolute Gasteiger partial charge is 0.294 e. The van der Waals surface area contributed by atoms with Gasteiger partial charge in [-0.2, -0.15) is 0 Å². The minimum Gasteiger partial charge on any atom is -0.294 e. The molecule has 1 N–H and O–H groups in total. The molecule has 0 amide bonds. The van der Waals surface area contributed by atoms with Crippen LogP contribution in [0.15, 0.2) is 28.7 Å². The van der Waals surface area contributed by atoms with Crippen molar-refractivity contribution < 1.29 is 4.84 Å². The highest BCUT2D eigenvalue weighted by Gasteiger charge is 2.17. The zero-order valence-electron chi connectivity index (χ0n) is 6.59. The van der Waals surface area contributed by atoms with Gasteiger partial charge in [0.05, 0.1) is 0 Å². The Hall–Kier alpha value is -0.380. The molecule has 1 fully saturated rings. The molecule has 0 aliphatic carbocycles. The Kier molecular flexibility index (Phi) is 2.44. The Morgan fingerprint density at radius 3 is 3.08 bits per heavy atom. The smallest absolute Gasteiger partial charge is 0.105 e. The highest BCUT2D eigenvalue weighted by atomic mass is 79.9. The maximum Gasteiger partial charge on any atom is 0.105 e. The summed E-state index contributed by atoms with van der Waals surface area (Å²) in [6.45, 7) is 0.942. The molecule has 64 valence electrons. The third-order valence-corrected chi connectivity index (χ3v) is 2.45. The first-order chi connectivity index (χ1) is 5.86. The van der Waals surface area contributed by atoms with Crippen LogP contribution >= 0.6 is 15.9 Å². The molecule has 1 atom stereocenters. The van der Waals surface area contributed by atoms with E-state index in [1.807, 2.05) is 12.1 Å². The third-order valence-electron chi connectivity index (χ3n) is 1.95. The van der Waals surface area contributed by atoms with Gasteiger partial charge >= 0.3 is 0 Å². The average molecular weight is 228 g/mol. The Bertz CT molecular complexity index is 271. The van der Waals surface area contributed by atoms with Crippen molar-refractivity contribution in [2.45, 2.75) is 12.5 Å². The highest BCUT2D eigenvalue weighted by molar-refractivity contribution is 9.10. The second-order valence-corrected chi connectivity index (χ2v) is 3.76. The summed E-state index contributed by atoms with van der Waals surface area (Å²) in [6.07, 6.45) is 1.28. The van der Waals surface area contributed by atoms with Crippen LogP contribution in [-0.2, 0) is 4.84 Å². The molecule has 1 unspecified atom stereocenters. The maximum absolute atomic E-state index is 5.32. The Morgan fingerprint density at radius 1 is 1.50 bits per heavy atom. The van der Waals surface area contributed by atoms with Gasteiger partial charge in [0, 0.05) is 11.0 Å². The standard InChI is InChI=1S/C9H10BrNO/c10-8-3-1-2-7(6-8)9-4-5-11-12-9/h1-3,6,9,11H,4-5H2. The lowest BCUT2D eigenvalue weighted by atomic mass is 10.1. The van der Waals surface area contributed by atoms with Gasteiger partial charge in [-0.05, 0) is 24.1 Å². The molecule has 1 aromatic rings. The Morgan fingerprint density at radius 2 is 2.42 bits per heavy atom. The molecular weight excluding hydrogens is 218 g/mol. The number of hydrogen-bond acceptors (Lipinski definition) is 2. The van der Waals surface area contributed by atoms with Gasteiger partial charge in [-0.1, -0.05) is 28.1 Å². The predicted molar refractivity (Wildman–Crippen MR) is 50.6 cm³/mol. The second kappa shape index (κ2) is 3.56. The van der Waals surface area contributed by atoms with Gasteiger partial charge in [0.15, 0.2) is 0 Å². The summed E-state index contributed by atoms with van der Waals surface area (Å²) in [4.78, 5) is 5.32. The van der Waals surface area contributed by atoms with E-state index >= 15 is 0 Å². The van der Waals surface area contributed by atoms with E-state index in [1.165, 1.54) is 5.56 Å². The number of rotatable bonds is 1. The summed E-state index contributed by atoms with van der Waals surface area (Å²) in [6, 6.07) is 8.23. The zero-order valence-corrected chi connectivity index (χ0v) is 8.17.